The van der Waals surface area contributed by atoms with Gasteiger partial charge in [-0.25, -0.2) is 26.9 Å². The monoisotopic (exact) mass is 390 g/mol. The van der Waals surface area contributed by atoms with Gasteiger partial charge < -0.3 is 4.90 Å². The topological polar surface area (TPSA) is 68.1 Å². The smallest absolute Gasteiger partial charge is 0.189 e. The third-order valence-corrected chi connectivity index (χ3v) is 6.11. The van der Waals surface area contributed by atoms with Crippen molar-refractivity contribution in [3.8, 4) is 16.9 Å². The van der Waals surface area contributed by atoms with E-state index in [1.807, 2.05) is 29.2 Å². The molecule has 0 N–H and O–H groups in total. The Morgan fingerprint density at radius 3 is 2.33 bits per heavy atom. The number of pyridine rings is 1. The summed E-state index contributed by atoms with van der Waals surface area (Å²) in [6.07, 6.45) is 4.13. The highest BCUT2D eigenvalue weighted by molar-refractivity contribution is 7.91. The van der Waals surface area contributed by atoms with E-state index in [1.54, 1.807) is 12.4 Å². The number of halogens is 2. The second kappa shape index (κ2) is 6.73. The van der Waals surface area contributed by atoms with Gasteiger partial charge in [0.15, 0.2) is 21.5 Å². The number of aromatic nitrogens is 3. The Bertz CT molecular complexity index is 1070. The van der Waals surface area contributed by atoms with E-state index in [-0.39, 0.29) is 17.3 Å². The fourth-order valence-corrected chi connectivity index (χ4v) is 4.20. The summed E-state index contributed by atoms with van der Waals surface area (Å²) in [4.78, 5) is 5.77. The molecule has 140 valence electrons. The Hall–Kier alpha value is -2.81. The second-order valence-corrected chi connectivity index (χ2v) is 8.62. The van der Waals surface area contributed by atoms with Crippen molar-refractivity contribution in [3.63, 3.8) is 0 Å². The van der Waals surface area contributed by atoms with Crippen LogP contribution in [0.15, 0.2) is 48.9 Å². The highest BCUT2D eigenvalue weighted by Gasteiger charge is 2.21. The van der Waals surface area contributed by atoms with E-state index in [9.17, 15) is 17.2 Å². The predicted octanol–water partition coefficient (Wildman–Crippen LogP) is 2.45. The van der Waals surface area contributed by atoms with Crippen LogP contribution in [0.25, 0.3) is 16.9 Å². The summed E-state index contributed by atoms with van der Waals surface area (Å²) in [5.74, 6) is -1.28. The summed E-state index contributed by atoms with van der Waals surface area (Å²) in [5, 5.41) is 4.10. The maximum Gasteiger partial charge on any atom is 0.189 e. The summed E-state index contributed by atoms with van der Waals surface area (Å²) in [6.45, 7) is 0.963. The molecule has 4 rings (SSSR count). The number of nitrogens with zero attached hydrogens (tertiary/aromatic N) is 4. The van der Waals surface area contributed by atoms with Crippen LogP contribution in [0.1, 0.15) is 0 Å². The predicted molar refractivity (Wildman–Crippen MR) is 97.6 cm³/mol. The number of hydrogen-bond donors (Lipinski definition) is 0. The van der Waals surface area contributed by atoms with Gasteiger partial charge in [0.05, 0.1) is 23.9 Å². The Morgan fingerprint density at radius 1 is 0.963 bits per heavy atom. The van der Waals surface area contributed by atoms with E-state index in [4.69, 9.17) is 0 Å². The average molecular weight is 390 g/mol. The van der Waals surface area contributed by atoms with Crippen LogP contribution in [-0.2, 0) is 9.84 Å². The highest BCUT2D eigenvalue weighted by atomic mass is 32.2. The summed E-state index contributed by atoms with van der Waals surface area (Å²) < 4.78 is 51.2. The van der Waals surface area contributed by atoms with E-state index in [2.05, 4.69) is 10.1 Å². The van der Waals surface area contributed by atoms with Crippen LogP contribution >= 0.6 is 0 Å². The molecule has 0 radical (unpaired) electrons. The molecular formula is C18H16F2N4O2S. The highest BCUT2D eigenvalue weighted by Crippen LogP contribution is 2.25. The second-order valence-electron chi connectivity index (χ2n) is 6.32. The Balaban J connectivity index is 1.54. The van der Waals surface area contributed by atoms with Crippen LogP contribution in [-0.4, -0.2) is 47.8 Å². The van der Waals surface area contributed by atoms with E-state index < -0.39 is 21.5 Å². The van der Waals surface area contributed by atoms with Gasteiger partial charge >= 0.3 is 0 Å². The van der Waals surface area contributed by atoms with Crippen molar-refractivity contribution in [3.05, 3.63) is 60.6 Å². The van der Waals surface area contributed by atoms with Crippen LogP contribution in [0.5, 0.6) is 0 Å². The summed E-state index contributed by atoms with van der Waals surface area (Å²) in [5.41, 5.74) is 2.58. The summed E-state index contributed by atoms with van der Waals surface area (Å²) in [6, 6.07) is 8.39. The molecule has 1 saturated heterocycles. The first-order chi connectivity index (χ1) is 12.9. The number of rotatable bonds is 3. The number of anilines is 1. The van der Waals surface area contributed by atoms with Crippen LogP contribution in [0.2, 0.25) is 0 Å². The van der Waals surface area contributed by atoms with Gasteiger partial charge in [0, 0.05) is 36.6 Å². The molecule has 3 aromatic rings. The summed E-state index contributed by atoms with van der Waals surface area (Å²) in [7, 11) is -2.92. The van der Waals surface area contributed by atoms with Crippen molar-refractivity contribution in [1.82, 2.24) is 14.8 Å². The van der Waals surface area contributed by atoms with Gasteiger partial charge in [-0.3, -0.25) is 0 Å². The minimum absolute atomic E-state index is 0.0752. The lowest BCUT2D eigenvalue weighted by molar-refractivity contribution is 0.560. The molecule has 0 amide bonds. The van der Waals surface area contributed by atoms with E-state index in [0.717, 1.165) is 29.1 Å². The molecule has 9 heteroatoms. The van der Waals surface area contributed by atoms with Crippen LogP contribution in [0.4, 0.5) is 14.5 Å². The molecule has 0 aliphatic carbocycles. The van der Waals surface area contributed by atoms with Crippen molar-refractivity contribution in [1.29, 1.82) is 0 Å². The van der Waals surface area contributed by atoms with Crippen LogP contribution in [0, 0.1) is 11.6 Å². The maximum atomic E-state index is 13.8. The molecule has 0 bridgehead atoms. The van der Waals surface area contributed by atoms with Crippen molar-refractivity contribution in [2.24, 2.45) is 0 Å². The van der Waals surface area contributed by atoms with Gasteiger partial charge in [0.1, 0.15) is 5.82 Å². The SMILES string of the molecule is O=S1(=O)CCN(c2ccc(-c3cnn(-c4ncc(F)cc4F)c3)cc2)CC1. The fourth-order valence-electron chi connectivity index (χ4n) is 3.00. The zero-order valence-electron chi connectivity index (χ0n) is 14.2. The Kier molecular flexibility index (Phi) is 4.39. The van der Waals surface area contributed by atoms with Crippen molar-refractivity contribution >= 4 is 15.5 Å². The zero-order valence-corrected chi connectivity index (χ0v) is 15.0. The molecule has 1 aliphatic rings. The first kappa shape index (κ1) is 17.6. The van der Waals surface area contributed by atoms with Gasteiger partial charge in [0.25, 0.3) is 0 Å². The van der Waals surface area contributed by atoms with Gasteiger partial charge in [0.2, 0.25) is 0 Å². The first-order valence-electron chi connectivity index (χ1n) is 8.33. The molecular weight excluding hydrogens is 374 g/mol. The maximum absolute atomic E-state index is 13.8. The van der Waals surface area contributed by atoms with Gasteiger partial charge in [-0.05, 0) is 17.7 Å². The lowest BCUT2D eigenvalue weighted by atomic mass is 10.1. The van der Waals surface area contributed by atoms with Crippen LogP contribution in [0.3, 0.4) is 0 Å². The molecule has 0 atom stereocenters. The van der Waals surface area contributed by atoms with Crippen molar-refractivity contribution < 1.29 is 17.2 Å². The third kappa shape index (κ3) is 3.68. The van der Waals surface area contributed by atoms with Crippen molar-refractivity contribution in [2.45, 2.75) is 0 Å². The zero-order chi connectivity index (χ0) is 19.0. The number of sulfone groups is 1. The molecule has 0 unspecified atom stereocenters. The van der Waals surface area contributed by atoms with Crippen LogP contribution < -0.4 is 4.90 Å². The Labute approximate surface area is 155 Å². The quantitative estimate of drug-likeness (QED) is 0.687. The molecule has 1 aliphatic heterocycles. The number of hydrogen-bond acceptors (Lipinski definition) is 5. The van der Waals surface area contributed by atoms with Gasteiger partial charge in [-0.15, -0.1) is 0 Å². The third-order valence-electron chi connectivity index (χ3n) is 4.50. The minimum atomic E-state index is -2.92. The van der Waals surface area contributed by atoms with Gasteiger partial charge in [-0.2, -0.15) is 5.10 Å². The molecule has 3 heterocycles. The average Bonchev–Trinajstić information content (AvgIpc) is 3.12. The largest absolute Gasteiger partial charge is 0.369 e. The van der Waals surface area contributed by atoms with E-state index in [1.165, 1.54) is 4.68 Å². The lowest BCUT2D eigenvalue weighted by Gasteiger charge is -2.28. The van der Waals surface area contributed by atoms with Crippen molar-refractivity contribution in [2.75, 3.05) is 29.5 Å². The standard InChI is InChI=1S/C18H16F2N4O2S/c19-15-9-17(20)18(21-11-15)24-12-14(10-22-24)13-1-3-16(4-2-13)23-5-7-27(25,26)8-6-23/h1-4,9-12H,5-8H2. The molecule has 0 saturated carbocycles. The van der Waals surface area contributed by atoms with E-state index >= 15 is 0 Å². The minimum Gasteiger partial charge on any atom is -0.369 e. The molecule has 6 nitrogen and oxygen atoms in total. The molecule has 2 aromatic heterocycles. The number of benzene rings is 1. The first-order valence-corrected chi connectivity index (χ1v) is 10.2. The molecule has 0 spiro atoms. The lowest BCUT2D eigenvalue weighted by Crippen LogP contribution is -2.40. The molecule has 27 heavy (non-hydrogen) atoms. The summed E-state index contributed by atoms with van der Waals surface area (Å²) >= 11 is 0. The Morgan fingerprint density at radius 2 is 1.67 bits per heavy atom. The molecule has 1 fully saturated rings. The fraction of sp³-hybridized carbons (Fsp3) is 0.222. The van der Waals surface area contributed by atoms with Gasteiger partial charge in [-0.1, -0.05) is 12.1 Å². The normalized spacial score (nSPS) is 16.4. The van der Waals surface area contributed by atoms with E-state index in [0.29, 0.717) is 13.1 Å². The molecule has 1 aromatic carbocycles.